The molecule has 56 heavy (non-hydrogen) atoms. The Labute approximate surface area is 334 Å². The summed E-state index contributed by atoms with van der Waals surface area (Å²) in [6, 6.07) is -0.253. The number of hydrogen-bond donors (Lipinski definition) is 3. The number of carbonyl (C=O) groups excluding carboxylic acids is 2. The lowest BCUT2D eigenvalue weighted by Gasteiger charge is -2.49. The molecule has 0 aromatic carbocycles. The van der Waals surface area contributed by atoms with Gasteiger partial charge in [0.1, 0.15) is 40.9 Å². The lowest BCUT2D eigenvalue weighted by Crippen LogP contribution is -2.60. The van der Waals surface area contributed by atoms with Crippen LogP contribution < -0.4 is 0 Å². The van der Waals surface area contributed by atoms with Crippen LogP contribution in [0.25, 0.3) is 0 Å². The Bertz CT molecular complexity index is 1390. The summed E-state index contributed by atoms with van der Waals surface area (Å²) in [5.74, 6) is -2.67. The van der Waals surface area contributed by atoms with E-state index in [2.05, 4.69) is 0 Å². The first-order valence-electron chi connectivity index (χ1n) is 20.6. The molecule has 4 rings (SSSR count). The van der Waals surface area contributed by atoms with Crippen LogP contribution >= 0.6 is 0 Å². The van der Waals surface area contributed by atoms with Gasteiger partial charge in [-0.25, -0.2) is 0 Å². The number of likely N-dealkylation sites (N-methyl/N-ethyl adjacent to an activating group) is 1. The molecular formula is C42H73NO13. The lowest BCUT2D eigenvalue weighted by atomic mass is 9.78. The van der Waals surface area contributed by atoms with Crippen LogP contribution in [0, 0.1) is 23.7 Å². The van der Waals surface area contributed by atoms with Crippen LogP contribution in [0.15, 0.2) is 11.3 Å². The molecule has 0 aromatic rings. The summed E-state index contributed by atoms with van der Waals surface area (Å²) in [5, 5.41) is 35.2. The second kappa shape index (κ2) is 18.2. The Kier molecular flexibility index (Phi) is 15.2. The maximum absolute atomic E-state index is 14.3. The summed E-state index contributed by atoms with van der Waals surface area (Å²) < 4.78 is 51.5. The number of aliphatic hydroxyl groups is 3. The third-order valence-electron chi connectivity index (χ3n) is 12.7. The number of cyclic esters (lactones) is 1. The van der Waals surface area contributed by atoms with Gasteiger partial charge in [0.25, 0.3) is 0 Å². The molecule has 14 heteroatoms. The molecule has 0 aromatic heterocycles. The minimum atomic E-state index is -1.84. The van der Waals surface area contributed by atoms with Gasteiger partial charge in [0, 0.05) is 44.2 Å². The maximum atomic E-state index is 14.3. The van der Waals surface area contributed by atoms with Crippen molar-refractivity contribution in [3.05, 3.63) is 11.3 Å². The molecule has 14 nitrogen and oxygen atoms in total. The molecule has 4 aliphatic rings. The first kappa shape index (κ1) is 46.8. The number of fused-ring (bicyclic) bond motifs is 2. The third kappa shape index (κ3) is 9.76. The first-order chi connectivity index (χ1) is 25.9. The summed E-state index contributed by atoms with van der Waals surface area (Å²) >= 11 is 0. The minimum Gasteiger partial charge on any atom is -0.489 e. The number of rotatable bonds is 10. The van der Waals surface area contributed by atoms with Crippen molar-refractivity contribution >= 4 is 11.9 Å². The fourth-order valence-electron chi connectivity index (χ4n) is 9.46. The minimum absolute atomic E-state index is 0.107. The van der Waals surface area contributed by atoms with Gasteiger partial charge >= 0.3 is 11.9 Å². The molecule has 4 aliphatic heterocycles. The molecule has 3 saturated heterocycles. The van der Waals surface area contributed by atoms with Crippen molar-refractivity contribution in [2.45, 2.75) is 199 Å². The van der Waals surface area contributed by atoms with Gasteiger partial charge in [-0.15, -0.1) is 0 Å². The fourth-order valence-corrected chi connectivity index (χ4v) is 9.46. The zero-order valence-corrected chi connectivity index (χ0v) is 36.6. The van der Waals surface area contributed by atoms with Crippen LogP contribution in [-0.2, 0) is 47.5 Å². The van der Waals surface area contributed by atoms with E-state index >= 15 is 0 Å². The molecule has 3 N–H and O–H groups in total. The van der Waals surface area contributed by atoms with E-state index in [0.29, 0.717) is 18.6 Å². The average Bonchev–Trinajstić information content (AvgIpc) is 3.43. The topological polar surface area (TPSA) is 172 Å². The van der Waals surface area contributed by atoms with E-state index in [9.17, 15) is 24.9 Å². The molecule has 0 unspecified atom stereocenters. The van der Waals surface area contributed by atoms with E-state index < -0.39 is 95.8 Å². The summed E-state index contributed by atoms with van der Waals surface area (Å²) in [4.78, 5) is 29.1. The van der Waals surface area contributed by atoms with Crippen molar-refractivity contribution < 1.29 is 62.8 Å². The molecule has 0 saturated carbocycles. The molecule has 2 bridgehead atoms. The van der Waals surface area contributed by atoms with Crippen molar-refractivity contribution in [2.24, 2.45) is 23.7 Å². The van der Waals surface area contributed by atoms with E-state index in [0.717, 1.165) is 5.57 Å². The Hall–Kier alpha value is -1.88. The van der Waals surface area contributed by atoms with Crippen LogP contribution in [0.3, 0.4) is 0 Å². The third-order valence-corrected chi connectivity index (χ3v) is 12.7. The van der Waals surface area contributed by atoms with Crippen LogP contribution in [0.5, 0.6) is 0 Å². The standard InChI is InChI=1S/C42H73NO13/c1-16-29-42(12,48)35(46)24(6)33-22(4)19-41(11,56-33)36(55-39-32(45)28(43(13)14)18-23(5)50-39)25(7)34(26(8)38(47)52-29)54-31-20-40(10,49-15)37(27(9)51-31)53-30(44)17-21(2)3/h21,23-29,31-32,34-37,39,45-46,48H,16-20H2,1-15H3/t23-,24+,25+,26-,27+,28+,29-,31+,32-,34+,35-,36-,37+,39+,40-,41-,42-/m1/s1. The summed E-state index contributed by atoms with van der Waals surface area (Å²) in [5.41, 5.74) is -3.08. The highest BCUT2D eigenvalue weighted by molar-refractivity contribution is 5.73. The second-order valence-electron chi connectivity index (χ2n) is 18.4. The van der Waals surface area contributed by atoms with Crippen LogP contribution in [0.4, 0.5) is 0 Å². The molecule has 324 valence electrons. The highest BCUT2D eigenvalue weighted by Crippen LogP contribution is 2.47. The highest BCUT2D eigenvalue weighted by Gasteiger charge is 2.56. The van der Waals surface area contributed by atoms with Gasteiger partial charge in [-0.3, -0.25) is 9.59 Å². The number of nitrogens with zero attached hydrogens (tertiary/aromatic N) is 1. The lowest BCUT2D eigenvalue weighted by molar-refractivity contribution is -0.317. The molecule has 0 spiro atoms. The predicted molar refractivity (Wildman–Crippen MR) is 207 cm³/mol. The molecule has 4 heterocycles. The van der Waals surface area contributed by atoms with Crippen LogP contribution in [-0.4, -0.2) is 138 Å². The van der Waals surface area contributed by atoms with Crippen molar-refractivity contribution in [3.63, 3.8) is 0 Å². The molecule has 0 amide bonds. The number of aliphatic hydroxyl groups excluding tert-OH is 2. The Morgan fingerprint density at radius 1 is 1.00 bits per heavy atom. The molecular weight excluding hydrogens is 726 g/mol. The van der Waals surface area contributed by atoms with Crippen LogP contribution in [0.2, 0.25) is 0 Å². The molecule has 0 aliphatic carbocycles. The van der Waals surface area contributed by atoms with Gasteiger partial charge < -0.3 is 58.1 Å². The van der Waals surface area contributed by atoms with Gasteiger partial charge in [0.2, 0.25) is 0 Å². The van der Waals surface area contributed by atoms with E-state index in [4.69, 9.17) is 37.9 Å². The maximum Gasteiger partial charge on any atom is 0.311 e. The normalized spacial score (nSPS) is 45.5. The zero-order valence-electron chi connectivity index (χ0n) is 36.6. The van der Waals surface area contributed by atoms with Gasteiger partial charge in [-0.1, -0.05) is 34.6 Å². The van der Waals surface area contributed by atoms with Gasteiger partial charge in [0.15, 0.2) is 18.7 Å². The van der Waals surface area contributed by atoms with Gasteiger partial charge in [-0.2, -0.15) is 0 Å². The smallest absolute Gasteiger partial charge is 0.311 e. The van der Waals surface area contributed by atoms with Gasteiger partial charge in [0.05, 0.1) is 30.3 Å². The molecule has 3 fully saturated rings. The first-order valence-corrected chi connectivity index (χ1v) is 20.6. The number of hydrogen-bond acceptors (Lipinski definition) is 14. The van der Waals surface area contributed by atoms with Crippen LogP contribution in [0.1, 0.15) is 115 Å². The van der Waals surface area contributed by atoms with E-state index in [-0.39, 0.29) is 43.3 Å². The Balaban J connectivity index is 1.81. The van der Waals surface area contributed by atoms with E-state index in [1.165, 1.54) is 6.92 Å². The van der Waals surface area contributed by atoms with Crippen molar-refractivity contribution in [2.75, 3.05) is 21.2 Å². The summed E-state index contributed by atoms with van der Waals surface area (Å²) in [7, 11) is 5.36. The number of ether oxygens (including phenoxy) is 8. The Morgan fingerprint density at radius 2 is 1.64 bits per heavy atom. The number of esters is 2. The summed E-state index contributed by atoms with van der Waals surface area (Å²) in [6.45, 7) is 22.0. The highest BCUT2D eigenvalue weighted by atomic mass is 16.7. The quantitative estimate of drug-likeness (QED) is 0.264. The van der Waals surface area contributed by atoms with Crippen molar-refractivity contribution in [1.82, 2.24) is 4.90 Å². The second-order valence-corrected chi connectivity index (χ2v) is 18.4. The number of carbonyl (C=O) groups is 2. The molecule has 17 atom stereocenters. The fraction of sp³-hybridized carbons (Fsp3) is 0.905. The van der Waals surface area contributed by atoms with E-state index in [1.54, 1.807) is 34.8 Å². The molecule has 0 radical (unpaired) electrons. The SMILES string of the molecule is CC[C@H]1OC(=O)[C@H](C)[C@@H](O[C@H]2C[C@@](C)(OC)[C@@H](OC(=O)CC(C)C)[C@H](C)O2)[C@H](C)[C@@H](O[C@@H]2O[C@H](C)C[C@H](N(C)C)[C@H]2O)[C@@]2(C)CC(C)=C(O2)[C@H](C)[C@@H](O)[C@]1(C)O. The largest absolute Gasteiger partial charge is 0.489 e. The van der Waals surface area contributed by atoms with Crippen molar-refractivity contribution in [1.29, 1.82) is 0 Å². The monoisotopic (exact) mass is 800 g/mol. The van der Waals surface area contributed by atoms with Crippen molar-refractivity contribution in [3.8, 4) is 0 Å². The zero-order chi connectivity index (χ0) is 42.2. The van der Waals surface area contributed by atoms with E-state index in [1.807, 2.05) is 67.5 Å². The summed E-state index contributed by atoms with van der Waals surface area (Å²) in [6.07, 6.45) is -7.23. The number of methoxy groups -OCH3 is 1. The average molecular weight is 800 g/mol. The van der Waals surface area contributed by atoms with Gasteiger partial charge in [-0.05, 0) is 86.9 Å². The predicted octanol–water partition coefficient (Wildman–Crippen LogP) is 4.49. The Morgan fingerprint density at radius 3 is 2.21 bits per heavy atom.